The first-order valence-corrected chi connectivity index (χ1v) is 10.8. The molecule has 2 fully saturated rings. The largest absolute Gasteiger partial charge is 0.466 e. The van der Waals surface area contributed by atoms with Gasteiger partial charge in [-0.1, -0.05) is 5.16 Å². The molecule has 1 aromatic carbocycles. The highest BCUT2D eigenvalue weighted by Gasteiger charge is 2.45. The van der Waals surface area contributed by atoms with Gasteiger partial charge in [-0.2, -0.15) is 0 Å². The maximum absolute atomic E-state index is 13.2. The molecule has 8 heteroatoms. The number of likely N-dealkylation sites (tertiary alicyclic amines) is 1. The van der Waals surface area contributed by atoms with E-state index < -0.39 is 5.41 Å². The Labute approximate surface area is 180 Å². The summed E-state index contributed by atoms with van der Waals surface area (Å²) in [6.07, 6.45) is 2.60. The maximum Gasteiger partial charge on any atom is 0.312 e. The number of halogens is 1. The van der Waals surface area contributed by atoms with E-state index in [1.807, 2.05) is 0 Å². The summed E-state index contributed by atoms with van der Waals surface area (Å²) < 4.78 is 29.6. The van der Waals surface area contributed by atoms with E-state index in [-0.39, 0.29) is 30.4 Å². The standard InChI is InChI=1S/C23H27FN2O5/c1-2-29-22(28)23(9-11-26(12-10-23)21(27)20-4-3-13-30-20)15-18-14-19(25-31-18)16-5-7-17(24)8-6-16/h5-8,14,20H,2-4,9-13,15H2,1H3. The summed E-state index contributed by atoms with van der Waals surface area (Å²) in [5, 5.41) is 4.08. The van der Waals surface area contributed by atoms with Crippen molar-refractivity contribution >= 4 is 11.9 Å². The molecule has 2 saturated heterocycles. The van der Waals surface area contributed by atoms with Crippen molar-refractivity contribution in [2.75, 3.05) is 26.3 Å². The van der Waals surface area contributed by atoms with Gasteiger partial charge in [-0.05, 0) is 56.9 Å². The summed E-state index contributed by atoms with van der Waals surface area (Å²) in [5.74, 6) is -0.0310. The summed E-state index contributed by atoms with van der Waals surface area (Å²) in [7, 11) is 0. The van der Waals surface area contributed by atoms with Gasteiger partial charge in [0.05, 0.1) is 12.0 Å². The molecule has 4 rings (SSSR count). The van der Waals surface area contributed by atoms with Gasteiger partial charge < -0.3 is 18.9 Å². The average molecular weight is 430 g/mol. The molecular weight excluding hydrogens is 403 g/mol. The van der Waals surface area contributed by atoms with E-state index in [1.165, 1.54) is 12.1 Å². The lowest BCUT2D eigenvalue weighted by atomic mass is 9.74. The Hall–Kier alpha value is -2.74. The van der Waals surface area contributed by atoms with Crippen LogP contribution < -0.4 is 0 Å². The molecule has 1 amide bonds. The Morgan fingerprint density at radius 3 is 2.65 bits per heavy atom. The molecule has 1 aromatic heterocycles. The lowest BCUT2D eigenvalue weighted by molar-refractivity contribution is -0.161. The molecule has 0 aliphatic carbocycles. The number of aromatic nitrogens is 1. The first kappa shape index (κ1) is 21.5. The molecule has 0 radical (unpaired) electrons. The highest BCUT2D eigenvalue weighted by molar-refractivity contribution is 5.82. The van der Waals surface area contributed by atoms with E-state index >= 15 is 0 Å². The fourth-order valence-electron chi connectivity index (χ4n) is 4.35. The number of benzene rings is 1. The molecule has 0 saturated carbocycles. The lowest BCUT2D eigenvalue weighted by Crippen LogP contribution is -2.50. The van der Waals surface area contributed by atoms with Crippen LogP contribution in [0.15, 0.2) is 34.9 Å². The van der Waals surface area contributed by atoms with Crippen LogP contribution in [-0.2, 0) is 25.5 Å². The quantitative estimate of drug-likeness (QED) is 0.654. The van der Waals surface area contributed by atoms with E-state index in [9.17, 15) is 14.0 Å². The number of hydrogen-bond donors (Lipinski definition) is 0. The first-order chi connectivity index (χ1) is 15.0. The zero-order valence-electron chi connectivity index (χ0n) is 17.6. The van der Waals surface area contributed by atoms with Crippen LogP contribution in [0, 0.1) is 11.2 Å². The Bertz CT molecular complexity index is 912. The molecule has 7 nitrogen and oxygen atoms in total. The minimum atomic E-state index is -0.775. The molecule has 1 atom stereocenters. The van der Waals surface area contributed by atoms with Crippen LogP contribution in [0.3, 0.4) is 0 Å². The fourth-order valence-corrected chi connectivity index (χ4v) is 4.35. The van der Waals surface area contributed by atoms with Crippen molar-refractivity contribution in [3.05, 3.63) is 41.9 Å². The third-order valence-corrected chi connectivity index (χ3v) is 6.16. The van der Waals surface area contributed by atoms with Crippen LogP contribution in [-0.4, -0.2) is 54.3 Å². The van der Waals surface area contributed by atoms with Gasteiger partial charge in [-0.3, -0.25) is 9.59 Å². The van der Waals surface area contributed by atoms with E-state index in [1.54, 1.807) is 30.0 Å². The summed E-state index contributed by atoms with van der Waals surface area (Å²) >= 11 is 0. The van der Waals surface area contributed by atoms with Crippen LogP contribution >= 0.6 is 0 Å². The van der Waals surface area contributed by atoms with Gasteiger partial charge in [0, 0.05) is 37.7 Å². The number of ether oxygens (including phenoxy) is 2. The van der Waals surface area contributed by atoms with Crippen molar-refractivity contribution in [3.63, 3.8) is 0 Å². The van der Waals surface area contributed by atoms with Gasteiger partial charge in [0.1, 0.15) is 23.4 Å². The minimum absolute atomic E-state index is 0.00761. The van der Waals surface area contributed by atoms with Crippen molar-refractivity contribution in [1.82, 2.24) is 10.1 Å². The predicted molar refractivity (Wildman–Crippen MR) is 109 cm³/mol. The second kappa shape index (κ2) is 9.18. The molecule has 2 aromatic rings. The smallest absolute Gasteiger partial charge is 0.312 e. The topological polar surface area (TPSA) is 81.9 Å². The van der Waals surface area contributed by atoms with Crippen LogP contribution in [0.4, 0.5) is 4.39 Å². The number of carbonyl (C=O) groups is 2. The normalized spacial score (nSPS) is 20.6. The summed E-state index contributed by atoms with van der Waals surface area (Å²) in [6, 6.07) is 7.77. The molecule has 3 heterocycles. The zero-order valence-corrected chi connectivity index (χ0v) is 17.6. The van der Waals surface area contributed by atoms with E-state index in [4.69, 9.17) is 14.0 Å². The van der Waals surface area contributed by atoms with Gasteiger partial charge >= 0.3 is 5.97 Å². The monoisotopic (exact) mass is 430 g/mol. The van der Waals surface area contributed by atoms with Crippen LogP contribution in [0.25, 0.3) is 11.3 Å². The average Bonchev–Trinajstić information content (AvgIpc) is 3.47. The van der Waals surface area contributed by atoms with Crippen molar-refractivity contribution < 1.29 is 28.0 Å². The van der Waals surface area contributed by atoms with Gasteiger partial charge in [0.25, 0.3) is 5.91 Å². The molecule has 1 unspecified atom stereocenters. The van der Waals surface area contributed by atoms with Crippen molar-refractivity contribution in [1.29, 1.82) is 0 Å². The number of esters is 1. The van der Waals surface area contributed by atoms with Gasteiger partial charge in [0.2, 0.25) is 0 Å². The molecule has 0 N–H and O–H groups in total. The Morgan fingerprint density at radius 1 is 1.26 bits per heavy atom. The summed E-state index contributed by atoms with van der Waals surface area (Å²) in [4.78, 5) is 27.4. The Kier molecular flexibility index (Phi) is 6.36. The van der Waals surface area contributed by atoms with Crippen LogP contribution in [0.2, 0.25) is 0 Å². The van der Waals surface area contributed by atoms with Crippen LogP contribution in [0.1, 0.15) is 38.4 Å². The molecule has 31 heavy (non-hydrogen) atoms. The molecule has 166 valence electrons. The zero-order chi connectivity index (χ0) is 21.8. The summed E-state index contributed by atoms with van der Waals surface area (Å²) in [6.45, 7) is 3.63. The highest BCUT2D eigenvalue weighted by Crippen LogP contribution is 2.38. The number of carbonyl (C=O) groups excluding carboxylic acids is 2. The van der Waals surface area contributed by atoms with E-state index in [0.717, 1.165) is 18.4 Å². The maximum atomic E-state index is 13.2. The fraction of sp³-hybridized carbons (Fsp3) is 0.522. The highest BCUT2D eigenvalue weighted by atomic mass is 19.1. The number of piperidine rings is 1. The second-order valence-electron chi connectivity index (χ2n) is 8.19. The third kappa shape index (κ3) is 4.63. The van der Waals surface area contributed by atoms with Crippen molar-refractivity contribution in [2.45, 2.75) is 45.1 Å². The number of nitrogens with zero attached hydrogens (tertiary/aromatic N) is 2. The van der Waals surface area contributed by atoms with Gasteiger partial charge in [0.15, 0.2) is 0 Å². The second-order valence-corrected chi connectivity index (χ2v) is 8.19. The minimum Gasteiger partial charge on any atom is -0.466 e. The van der Waals surface area contributed by atoms with Crippen LogP contribution in [0.5, 0.6) is 0 Å². The first-order valence-electron chi connectivity index (χ1n) is 10.8. The number of rotatable bonds is 6. The Balaban J connectivity index is 1.48. The SMILES string of the molecule is CCOC(=O)C1(Cc2cc(-c3ccc(F)cc3)no2)CCN(C(=O)C2CCCO2)CC1. The lowest BCUT2D eigenvalue weighted by Gasteiger charge is -2.40. The third-order valence-electron chi connectivity index (χ3n) is 6.16. The van der Waals surface area contributed by atoms with E-state index in [0.29, 0.717) is 50.4 Å². The van der Waals surface area contributed by atoms with Gasteiger partial charge in [-0.25, -0.2) is 4.39 Å². The number of hydrogen-bond acceptors (Lipinski definition) is 6. The van der Waals surface area contributed by atoms with Gasteiger partial charge in [-0.15, -0.1) is 0 Å². The number of amides is 1. The Morgan fingerprint density at radius 2 is 2.00 bits per heavy atom. The summed E-state index contributed by atoms with van der Waals surface area (Å²) in [5.41, 5.74) is 0.543. The molecule has 0 spiro atoms. The molecular formula is C23H27FN2O5. The molecule has 2 aliphatic heterocycles. The molecule has 0 bridgehead atoms. The van der Waals surface area contributed by atoms with Crippen molar-refractivity contribution in [3.8, 4) is 11.3 Å². The predicted octanol–water partition coefficient (Wildman–Crippen LogP) is 3.37. The van der Waals surface area contributed by atoms with Crippen molar-refractivity contribution in [2.24, 2.45) is 5.41 Å². The van der Waals surface area contributed by atoms with E-state index in [2.05, 4.69) is 5.16 Å². The molecule has 2 aliphatic rings.